The Kier molecular flexibility index (Phi) is 3.45. The van der Waals surface area contributed by atoms with Crippen LogP contribution in [-0.2, 0) is 11.8 Å². The van der Waals surface area contributed by atoms with Crippen LogP contribution in [0.3, 0.4) is 0 Å². The van der Waals surface area contributed by atoms with E-state index in [-0.39, 0.29) is 5.41 Å². The number of anilines is 3. The molecular weight excluding hydrogens is 290 g/mol. The van der Waals surface area contributed by atoms with Gasteiger partial charge in [-0.1, -0.05) is 75.4 Å². The molecule has 1 nitrogen and oxygen atoms in total. The van der Waals surface area contributed by atoms with Crippen molar-refractivity contribution in [2.45, 2.75) is 32.6 Å². The van der Waals surface area contributed by atoms with Gasteiger partial charge in [-0.05, 0) is 41.3 Å². The standard InChI is InChI=1S/C23H23N/c1-4-17-11-5-8-14-20(17)24-21-15-9-6-12-18(21)23(2,3)19-13-7-10-16-22(19)24/h5-16H,4H2,1-3H3. The molecule has 1 aliphatic rings. The van der Waals surface area contributed by atoms with E-state index in [1.54, 1.807) is 0 Å². The van der Waals surface area contributed by atoms with Crippen LogP contribution in [0.15, 0.2) is 72.8 Å². The maximum atomic E-state index is 2.44. The van der Waals surface area contributed by atoms with Crippen molar-refractivity contribution < 1.29 is 0 Å². The molecule has 3 aromatic carbocycles. The number of rotatable bonds is 2. The molecule has 0 saturated carbocycles. The summed E-state index contributed by atoms with van der Waals surface area (Å²) in [5, 5.41) is 0. The van der Waals surface area contributed by atoms with Gasteiger partial charge in [-0.3, -0.25) is 0 Å². The minimum atomic E-state index is 0.00481. The van der Waals surface area contributed by atoms with Crippen molar-refractivity contribution in [1.82, 2.24) is 0 Å². The lowest BCUT2D eigenvalue weighted by Gasteiger charge is -2.42. The van der Waals surface area contributed by atoms with Crippen molar-refractivity contribution >= 4 is 17.1 Å². The van der Waals surface area contributed by atoms with Crippen molar-refractivity contribution in [1.29, 1.82) is 0 Å². The summed E-state index contributed by atoms with van der Waals surface area (Å²) in [7, 11) is 0. The number of nitrogens with zero attached hydrogens (tertiary/aromatic N) is 1. The van der Waals surface area contributed by atoms with Crippen molar-refractivity contribution in [3.63, 3.8) is 0 Å². The van der Waals surface area contributed by atoms with Gasteiger partial charge in [-0.15, -0.1) is 0 Å². The molecule has 0 N–H and O–H groups in total. The highest BCUT2D eigenvalue weighted by atomic mass is 15.2. The van der Waals surface area contributed by atoms with Crippen LogP contribution < -0.4 is 4.90 Å². The van der Waals surface area contributed by atoms with E-state index in [1.807, 2.05) is 0 Å². The first-order valence-electron chi connectivity index (χ1n) is 8.71. The second kappa shape index (κ2) is 5.52. The van der Waals surface area contributed by atoms with E-state index in [9.17, 15) is 0 Å². The highest BCUT2D eigenvalue weighted by molar-refractivity contribution is 5.86. The summed E-state index contributed by atoms with van der Waals surface area (Å²) in [5.74, 6) is 0. The number of para-hydroxylation sites is 3. The van der Waals surface area contributed by atoms with Crippen LogP contribution in [0.2, 0.25) is 0 Å². The summed E-state index contributed by atoms with van der Waals surface area (Å²) in [5.41, 5.74) is 8.02. The summed E-state index contributed by atoms with van der Waals surface area (Å²) in [6.07, 6.45) is 1.03. The average Bonchev–Trinajstić information content (AvgIpc) is 2.62. The van der Waals surface area contributed by atoms with Gasteiger partial charge >= 0.3 is 0 Å². The Balaban J connectivity index is 2.06. The monoisotopic (exact) mass is 313 g/mol. The third-order valence-electron chi connectivity index (χ3n) is 5.25. The smallest absolute Gasteiger partial charge is 0.0502 e. The fraction of sp³-hybridized carbons (Fsp3) is 0.217. The molecule has 0 aliphatic carbocycles. The van der Waals surface area contributed by atoms with E-state index in [1.165, 1.54) is 33.8 Å². The second-order valence-corrected chi connectivity index (χ2v) is 6.98. The van der Waals surface area contributed by atoms with Crippen molar-refractivity contribution in [2.75, 3.05) is 4.90 Å². The van der Waals surface area contributed by atoms with Crippen LogP contribution in [0.4, 0.5) is 17.1 Å². The van der Waals surface area contributed by atoms with Gasteiger partial charge in [0.15, 0.2) is 0 Å². The molecule has 0 aromatic heterocycles. The van der Waals surface area contributed by atoms with Gasteiger partial charge in [0, 0.05) is 11.1 Å². The van der Waals surface area contributed by atoms with Crippen LogP contribution in [0.25, 0.3) is 0 Å². The van der Waals surface area contributed by atoms with Gasteiger partial charge in [-0.2, -0.15) is 0 Å². The van der Waals surface area contributed by atoms with E-state index >= 15 is 0 Å². The highest BCUT2D eigenvalue weighted by Crippen LogP contribution is 2.51. The molecule has 0 fully saturated rings. The Morgan fingerprint density at radius 2 is 1.12 bits per heavy atom. The number of hydrogen-bond acceptors (Lipinski definition) is 1. The van der Waals surface area contributed by atoms with Crippen molar-refractivity contribution in [3.05, 3.63) is 89.5 Å². The molecule has 0 bridgehead atoms. The first-order chi connectivity index (χ1) is 11.6. The van der Waals surface area contributed by atoms with Crippen LogP contribution in [0, 0.1) is 0 Å². The molecule has 0 amide bonds. The fourth-order valence-electron chi connectivity index (χ4n) is 3.96. The topological polar surface area (TPSA) is 3.24 Å². The molecule has 0 spiro atoms. The Morgan fingerprint density at radius 1 is 0.667 bits per heavy atom. The van der Waals surface area contributed by atoms with Gasteiger partial charge in [0.25, 0.3) is 0 Å². The zero-order valence-corrected chi connectivity index (χ0v) is 14.6. The molecule has 0 atom stereocenters. The first-order valence-corrected chi connectivity index (χ1v) is 8.71. The van der Waals surface area contributed by atoms with Crippen molar-refractivity contribution in [2.24, 2.45) is 0 Å². The molecule has 1 heteroatoms. The summed E-state index contributed by atoms with van der Waals surface area (Å²) in [4.78, 5) is 2.44. The maximum absolute atomic E-state index is 2.44. The largest absolute Gasteiger partial charge is 0.310 e. The predicted octanol–water partition coefficient (Wildman–Crippen LogP) is 6.36. The molecule has 120 valence electrons. The molecule has 0 saturated heterocycles. The van der Waals surface area contributed by atoms with Gasteiger partial charge in [0.05, 0.1) is 11.4 Å². The number of fused-ring (bicyclic) bond motifs is 2. The van der Waals surface area contributed by atoms with Gasteiger partial charge in [-0.25, -0.2) is 0 Å². The minimum Gasteiger partial charge on any atom is -0.310 e. The lowest BCUT2D eigenvalue weighted by Crippen LogP contribution is -2.30. The third-order valence-corrected chi connectivity index (χ3v) is 5.25. The predicted molar refractivity (Wildman–Crippen MR) is 103 cm³/mol. The summed E-state index contributed by atoms with van der Waals surface area (Å²) in [6, 6.07) is 26.4. The Morgan fingerprint density at radius 3 is 1.67 bits per heavy atom. The van der Waals surface area contributed by atoms with E-state index in [0.29, 0.717) is 0 Å². The Bertz CT molecular complexity index is 842. The zero-order chi connectivity index (χ0) is 16.7. The quantitative estimate of drug-likeness (QED) is 0.532. The SMILES string of the molecule is CCc1ccccc1N1c2ccccc2C(C)(C)c2ccccc21. The third kappa shape index (κ3) is 2.08. The second-order valence-electron chi connectivity index (χ2n) is 6.98. The molecule has 3 aromatic rings. The van der Waals surface area contributed by atoms with E-state index in [0.717, 1.165) is 6.42 Å². The van der Waals surface area contributed by atoms with Gasteiger partial charge in [0.1, 0.15) is 0 Å². The van der Waals surface area contributed by atoms with Gasteiger partial charge < -0.3 is 4.90 Å². The number of hydrogen-bond donors (Lipinski definition) is 0. The van der Waals surface area contributed by atoms with Crippen molar-refractivity contribution in [3.8, 4) is 0 Å². The lowest BCUT2D eigenvalue weighted by atomic mass is 9.73. The summed E-state index contributed by atoms with van der Waals surface area (Å²) >= 11 is 0. The van der Waals surface area contributed by atoms with Crippen LogP contribution in [0.1, 0.15) is 37.5 Å². The maximum Gasteiger partial charge on any atom is 0.0502 e. The molecule has 1 aliphatic heterocycles. The van der Waals surface area contributed by atoms with Crippen LogP contribution in [0.5, 0.6) is 0 Å². The highest BCUT2D eigenvalue weighted by Gasteiger charge is 2.36. The molecule has 24 heavy (non-hydrogen) atoms. The van der Waals surface area contributed by atoms with E-state index in [4.69, 9.17) is 0 Å². The zero-order valence-electron chi connectivity index (χ0n) is 14.6. The fourth-order valence-corrected chi connectivity index (χ4v) is 3.96. The molecule has 0 unspecified atom stereocenters. The average molecular weight is 313 g/mol. The van der Waals surface area contributed by atoms with Crippen LogP contribution >= 0.6 is 0 Å². The number of aryl methyl sites for hydroxylation is 1. The van der Waals surface area contributed by atoms with Crippen LogP contribution in [-0.4, -0.2) is 0 Å². The molecule has 4 rings (SSSR count). The Hall–Kier alpha value is -2.54. The van der Waals surface area contributed by atoms with Gasteiger partial charge in [0.2, 0.25) is 0 Å². The first kappa shape index (κ1) is 15.0. The van der Waals surface area contributed by atoms with E-state index in [2.05, 4.69) is 98.5 Å². The normalized spacial score (nSPS) is 14.9. The number of benzene rings is 3. The Labute approximate surface area is 144 Å². The summed E-state index contributed by atoms with van der Waals surface area (Å²) in [6.45, 7) is 6.88. The minimum absolute atomic E-state index is 0.00481. The summed E-state index contributed by atoms with van der Waals surface area (Å²) < 4.78 is 0. The molecular formula is C23H23N. The molecule has 0 radical (unpaired) electrons. The molecule has 1 heterocycles. The van der Waals surface area contributed by atoms with E-state index < -0.39 is 0 Å². The lowest BCUT2D eigenvalue weighted by molar-refractivity contribution is 0.631.